The highest BCUT2D eigenvalue weighted by Crippen LogP contribution is 2.35. The Morgan fingerprint density at radius 1 is 1.04 bits per heavy atom. The first-order chi connectivity index (χ1) is 12.2. The number of nitrogen functional groups attached to an aromatic ring is 1. The summed E-state index contributed by atoms with van der Waals surface area (Å²) in [6.07, 6.45) is 0.566. The fourth-order valence-electron chi connectivity index (χ4n) is 2.91. The van der Waals surface area contributed by atoms with Crippen LogP contribution in [0.15, 0.2) is 30.3 Å². The number of aromatic nitrogens is 2. The van der Waals surface area contributed by atoms with Crippen LogP contribution in [0, 0.1) is 0 Å². The molecule has 0 radical (unpaired) electrons. The number of methoxy groups -OCH3 is 2. The predicted molar refractivity (Wildman–Crippen MR) is 92.4 cm³/mol. The summed E-state index contributed by atoms with van der Waals surface area (Å²) in [5.41, 5.74) is 8.39. The normalized spacial score (nSPS) is 12.4. The van der Waals surface area contributed by atoms with Crippen LogP contribution >= 0.6 is 0 Å². The van der Waals surface area contributed by atoms with Crippen LogP contribution in [-0.4, -0.2) is 31.0 Å². The van der Waals surface area contributed by atoms with Crippen molar-refractivity contribution in [1.82, 2.24) is 9.97 Å². The van der Waals surface area contributed by atoms with Gasteiger partial charge < -0.3 is 24.7 Å². The third-order valence-electron chi connectivity index (χ3n) is 4.10. The predicted octanol–water partition coefficient (Wildman–Crippen LogP) is 2.55. The van der Waals surface area contributed by atoms with Crippen molar-refractivity contribution < 1.29 is 18.9 Å². The van der Waals surface area contributed by atoms with E-state index in [0.29, 0.717) is 23.4 Å². The van der Waals surface area contributed by atoms with E-state index in [4.69, 9.17) is 24.7 Å². The summed E-state index contributed by atoms with van der Waals surface area (Å²) in [5, 5.41) is 0.836. The van der Waals surface area contributed by atoms with E-state index in [0.717, 1.165) is 28.1 Å². The highest BCUT2D eigenvalue weighted by atomic mass is 16.7. The Bertz CT molecular complexity index is 959. The number of nitrogens with zero attached hydrogens (tertiary/aromatic N) is 2. The van der Waals surface area contributed by atoms with E-state index in [1.807, 2.05) is 24.3 Å². The largest absolute Gasteiger partial charge is 0.497 e. The average molecular weight is 339 g/mol. The zero-order valence-corrected chi connectivity index (χ0v) is 13.9. The van der Waals surface area contributed by atoms with Crippen LogP contribution in [0.25, 0.3) is 10.9 Å². The standard InChI is InChI=1S/C18H17N3O4/c1-22-11-7-12-13(20-18(19)21-17(12)16(8-11)23-2)5-10-3-4-14-15(6-10)25-9-24-14/h3-4,6-8H,5,9H2,1-2H3,(H2,19,20,21). The first-order valence-corrected chi connectivity index (χ1v) is 7.74. The molecule has 2 heterocycles. The van der Waals surface area contributed by atoms with Gasteiger partial charge in [-0.25, -0.2) is 9.97 Å². The Morgan fingerprint density at radius 3 is 2.68 bits per heavy atom. The summed E-state index contributed by atoms with van der Waals surface area (Å²) in [5.74, 6) is 2.95. The van der Waals surface area contributed by atoms with Gasteiger partial charge in [0.05, 0.1) is 19.9 Å². The van der Waals surface area contributed by atoms with Crippen molar-refractivity contribution in [2.24, 2.45) is 0 Å². The Morgan fingerprint density at radius 2 is 1.88 bits per heavy atom. The molecule has 1 aliphatic rings. The zero-order chi connectivity index (χ0) is 17.4. The fraction of sp³-hybridized carbons (Fsp3) is 0.222. The fourth-order valence-corrected chi connectivity index (χ4v) is 2.91. The number of anilines is 1. The Labute approximate surface area is 144 Å². The molecule has 128 valence electrons. The van der Waals surface area contributed by atoms with E-state index in [1.54, 1.807) is 20.3 Å². The molecule has 0 saturated heterocycles. The molecule has 0 bridgehead atoms. The molecule has 1 aliphatic heterocycles. The number of benzene rings is 2. The number of hydrogen-bond acceptors (Lipinski definition) is 7. The molecule has 0 spiro atoms. The molecule has 0 amide bonds. The van der Waals surface area contributed by atoms with Gasteiger partial charge in [0.15, 0.2) is 11.5 Å². The Kier molecular flexibility index (Phi) is 3.68. The topological polar surface area (TPSA) is 88.7 Å². The maximum Gasteiger partial charge on any atom is 0.231 e. The highest BCUT2D eigenvalue weighted by molar-refractivity contribution is 5.89. The van der Waals surface area contributed by atoms with Crippen LogP contribution in [0.2, 0.25) is 0 Å². The molecule has 0 unspecified atom stereocenters. The van der Waals surface area contributed by atoms with Crippen LogP contribution in [0.3, 0.4) is 0 Å². The van der Waals surface area contributed by atoms with Crippen molar-refractivity contribution in [2.75, 3.05) is 26.7 Å². The van der Waals surface area contributed by atoms with Crippen molar-refractivity contribution in [2.45, 2.75) is 6.42 Å². The molecule has 0 aliphatic carbocycles. The Balaban J connectivity index is 1.83. The Hall–Kier alpha value is -3.22. The van der Waals surface area contributed by atoms with E-state index in [-0.39, 0.29) is 12.7 Å². The summed E-state index contributed by atoms with van der Waals surface area (Å²) in [4.78, 5) is 8.75. The lowest BCUT2D eigenvalue weighted by Crippen LogP contribution is -2.03. The summed E-state index contributed by atoms with van der Waals surface area (Å²) in [6.45, 7) is 0.247. The van der Waals surface area contributed by atoms with Crippen LogP contribution in [0.1, 0.15) is 11.3 Å². The summed E-state index contributed by atoms with van der Waals surface area (Å²) < 4.78 is 21.6. The number of fused-ring (bicyclic) bond motifs is 2. The number of hydrogen-bond donors (Lipinski definition) is 1. The maximum atomic E-state index is 5.91. The summed E-state index contributed by atoms with van der Waals surface area (Å²) >= 11 is 0. The lowest BCUT2D eigenvalue weighted by Gasteiger charge is -2.12. The zero-order valence-electron chi connectivity index (χ0n) is 13.9. The smallest absolute Gasteiger partial charge is 0.231 e. The molecule has 4 rings (SSSR count). The molecule has 3 aromatic rings. The van der Waals surface area contributed by atoms with Gasteiger partial charge in [0, 0.05) is 17.9 Å². The monoisotopic (exact) mass is 339 g/mol. The molecule has 7 heteroatoms. The van der Waals surface area contributed by atoms with Crippen LogP contribution in [-0.2, 0) is 6.42 Å². The average Bonchev–Trinajstić information content (AvgIpc) is 3.08. The van der Waals surface area contributed by atoms with E-state index >= 15 is 0 Å². The van der Waals surface area contributed by atoms with E-state index in [1.165, 1.54) is 0 Å². The second-order valence-electron chi connectivity index (χ2n) is 5.62. The van der Waals surface area contributed by atoms with Crippen molar-refractivity contribution in [1.29, 1.82) is 0 Å². The number of ether oxygens (including phenoxy) is 4. The third kappa shape index (κ3) is 2.73. The van der Waals surface area contributed by atoms with Crippen molar-refractivity contribution >= 4 is 16.9 Å². The number of rotatable bonds is 4. The van der Waals surface area contributed by atoms with Gasteiger partial charge in [-0.15, -0.1) is 0 Å². The quantitative estimate of drug-likeness (QED) is 0.781. The van der Waals surface area contributed by atoms with Gasteiger partial charge >= 0.3 is 0 Å². The molecule has 25 heavy (non-hydrogen) atoms. The molecule has 0 fully saturated rings. The molecular weight excluding hydrogens is 322 g/mol. The lowest BCUT2D eigenvalue weighted by molar-refractivity contribution is 0.174. The van der Waals surface area contributed by atoms with Crippen molar-refractivity contribution in [3.8, 4) is 23.0 Å². The maximum absolute atomic E-state index is 5.91. The summed E-state index contributed by atoms with van der Waals surface area (Å²) in [6, 6.07) is 9.49. The molecule has 2 aromatic carbocycles. The molecule has 7 nitrogen and oxygen atoms in total. The van der Waals surface area contributed by atoms with Crippen LogP contribution in [0.5, 0.6) is 23.0 Å². The lowest BCUT2D eigenvalue weighted by atomic mass is 10.0. The third-order valence-corrected chi connectivity index (χ3v) is 4.10. The molecule has 0 saturated carbocycles. The molecular formula is C18H17N3O4. The molecule has 2 N–H and O–H groups in total. The van der Waals surface area contributed by atoms with Gasteiger partial charge in [-0.3, -0.25) is 0 Å². The SMILES string of the molecule is COc1cc(OC)c2nc(N)nc(Cc3ccc4c(c3)OCO4)c2c1. The first-order valence-electron chi connectivity index (χ1n) is 7.74. The minimum absolute atomic E-state index is 0.201. The second kappa shape index (κ2) is 6.01. The van der Waals surface area contributed by atoms with Gasteiger partial charge in [-0.1, -0.05) is 6.07 Å². The number of nitrogens with two attached hydrogens (primary N) is 1. The van der Waals surface area contributed by atoms with E-state index in [9.17, 15) is 0 Å². The summed E-state index contributed by atoms with van der Waals surface area (Å²) in [7, 11) is 3.19. The second-order valence-corrected chi connectivity index (χ2v) is 5.62. The minimum Gasteiger partial charge on any atom is -0.497 e. The molecule has 1 aromatic heterocycles. The van der Waals surface area contributed by atoms with Gasteiger partial charge in [0.1, 0.15) is 17.0 Å². The van der Waals surface area contributed by atoms with Gasteiger partial charge in [0.2, 0.25) is 12.7 Å². The highest BCUT2D eigenvalue weighted by Gasteiger charge is 2.16. The van der Waals surface area contributed by atoms with Gasteiger partial charge in [-0.2, -0.15) is 0 Å². The van der Waals surface area contributed by atoms with Crippen LogP contribution in [0.4, 0.5) is 5.95 Å². The van der Waals surface area contributed by atoms with E-state index < -0.39 is 0 Å². The van der Waals surface area contributed by atoms with Gasteiger partial charge in [0.25, 0.3) is 0 Å². The van der Waals surface area contributed by atoms with Gasteiger partial charge in [-0.05, 0) is 23.8 Å². The van der Waals surface area contributed by atoms with Crippen molar-refractivity contribution in [3.63, 3.8) is 0 Å². The molecule has 0 atom stereocenters. The van der Waals surface area contributed by atoms with E-state index in [2.05, 4.69) is 9.97 Å². The van der Waals surface area contributed by atoms with Crippen molar-refractivity contribution in [3.05, 3.63) is 41.6 Å². The van der Waals surface area contributed by atoms with Crippen LogP contribution < -0.4 is 24.7 Å². The first kappa shape index (κ1) is 15.3. The minimum atomic E-state index is 0.201.